The molecule has 1 aromatic heterocycles. The molecule has 0 radical (unpaired) electrons. The fourth-order valence-corrected chi connectivity index (χ4v) is 3.92. The lowest BCUT2D eigenvalue weighted by Gasteiger charge is -2.36. The Morgan fingerprint density at radius 1 is 0.914 bits per heavy atom. The third-order valence-electron chi connectivity index (χ3n) is 5.58. The molecule has 0 atom stereocenters. The molecule has 2 aromatic carbocycles. The van der Waals surface area contributed by atoms with Gasteiger partial charge in [0, 0.05) is 47.9 Å². The van der Waals surface area contributed by atoms with E-state index in [0.717, 1.165) is 16.9 Å². The molecule has 0 aliphatic carbocycles. The van der Waals surface area contributed by atoms with Crippen LogP contribution in [0.4, 0.5) is 10.6 Å². The van der Waals surface area contributed by atoms with Crippen LogP contribution in [0.5, 0.6) is 0 Å². The maximum absolute atomic E-state index is 12.4. The van der Waals surface area contributed by atoms with E-state index in [1.807, 2.05) is 57.2 Å². The maximum atomic E-state index is 12.4. The van der Waals surface area contributed by atoms with Gasteiger partial charge in [-0.3, -0.25) is 9.78 Å². The van der Waals surface area contributed by atoms with Crippen molar-refractivity contribution < 1.29 is 14.3 Å². The summed E-state index contributed by atoms with van der Waals surface area (Å²) in [5.74, 6) is 0.234. The molecule has 0 saturated carbocycles. The normalized spacial score (nSPS) is 14.1. The molecule has 35 heavy (non-hydrogen) atoms. The molecule has 1 saturated heterocycles. The average molecular weight is 494 g/mol. The van der Waals surface area contributed by atoms with Gasteiger partial charge in [0.15, 0.2) is 0 Å². The molecule has 0 bridgehead atoms. The van der Waals surface area contributed by atoms with Crippen LogP contribution in [0.15, 0.2) is 54.7 Å². The molecule has 9 heteroatoms. The second-order valence-corrected chi connectivity index (χ2v) is 9.76. The van der Waals surface area contributed by atoms with Gasteiger partial charge >= 0.3 is 6.09 Å². The highest BCUT2D eigenvalue weighted by atomic mass is 35.5. The van der Waals surface area contributed by atoms with Crippen LogP contribution in [0.3, 0.4) is 0 Å². The number of hydrogen-bond donors (Lipinski definition) is 1. The first-order valence-electron chi connectivity index (χ1n) is 11.4. The van der Waals surface area contributed by atoms with Crippen LogP contribution in [-0.4, -0.2) is 58.6 Å². The fourth-order valence-electron chi connectivity index (χ4n) is 3.79. The molecule has 8 nitrogen and oxygen atoms in total. The van der Waals surface area contributed by atoms with Gasteiger partial charge in [0.05, 0.1) is 17.6 Å². The number of aromatic nitrogens is 2. The molecule has 1 aliphatic heterocycles. The van der Waals surface area contributed by atoms with Crippen LogP contribution in [-0.2, 0) is 4.74 Å². The van der Waals surface area contributed by atoms with Crippen molar-refractivity contribution >= 4 is 29.4 Å². The van der Waals surface area contributed by atoms with Gasteiger partial charge in [-0.2, -0.15) is 0 Å². The van der Waals surface area contributed by atoms with E-state index in [4.69, 9.17) is 32.0 Å². The lowest BCUT2D eigenvalue weighted by atomic mass is 10.0. The number of amides is 2. The van der Waals surface area contributed by atoms with Crippen molar-refractivity contribution in [3.05, 3.63) is 65.3 Å². The average Bonchev–Trinajstić information content (AvgIpc) is 2.83. The van der Waals surface area contributed by atoms with Crippen LogP contribution in [0, 0.1) is 0 Å². The van der Waals surface area contributed by atoms with Crippen molar-refractivity contribution in [2.75, 3.05) is 31.1 Å². The predicted octanol–water partition coefficient (Wildman–Crippen LogP) is 4.62. The minimum absolute atomic E-state index is 0.306. The lowest BCUT2D eigenvalue weighted by Crippen LogP contribution is -2.50. The maximum Gasteiger partial charge on any atom is 0.410 e. The van der Waals surface area contributed by atoms with Gasteiger partial charge in [-0.05, 0) is 45.0 Å². The summed E-state index contributed by atoms with van der Waals surface area (Å²) in [5, 5.41) is 0.628. The molecule has 2 heterocycles. The van der Waals surface area contributed by atoms with Crippen molar-refractivity contribution in [1.29, 1.82) is 0 Å². The topological polar surface area (TPSA) is 102 Å². The van der Waals surface area contributed by atoms with Gasteiger partial charge in [0.2, 0.25) is 5.91 Å². The standard InChI is InChI=1S/C26H28ClN5O3/c1-26(2,3)35-25(34)32-14-12-31(13-15-32)21-16-29-22(17-4-6-19(7-5-17)24(28)33)23(30-21)18-8-10-20(27)11-9-18/h4-11,16H,12-15H2,1-3H3,(H2,28,33). The molecule has 2 N–H and O–H groups in total. The van der Waals surface area contributed by atoms with Gasteiger partial charge in [0.1, 0.15) is 11.4 Å². The summed E-state index contributed by atoms with van der Waals surface area (Å²) in [7, 11) is 0. The second-order valence-electron chi connectivity index (χ2n) is 9.33. The second kappa shape index (κ2) is 9.92. The number of carbonyl (C=O) groups excluding carboxylic acids is 2. The Balaban J connectivity index is 1.61. The lowest BCUT2D eigenvalue weighted by molar-refractivity contribution is 0.0240. The minimum atomic E-state index is -0.529. The Labute approximate surface area is 209 Å². The number of rotatable bonds is 4. The summed E-state index contributed by atoms with van der Waals surface area (Å²) in [5.41, 5.74) is 8.33. The van der Waals surface area contributed by atoms with Crippen molar-refractivity contribution in [1.82, 2.24) is 14.9 Å². The zero-order chi connectivity index (χ0) is 25.2. The number of piperazine rings is 1. The summed E-state index contributed by atoms with van der Waals surface area (Å²) >= 11 is 6.10. The third kappa shape index (κ3) is 5.89. The Kier molecular flexibility index (Phi) is 6.93. The third-order valence-corrected chi connectivity index (χ3v) is 5.83. The Morgan fingerprint density at radius 3 is 2.06 bits per heavy atom. The zero-order valence-corrected chi connectivity index (χ0v) is 20.7. The number of nitrogens with zero attached hydrogens (tertiary/aromatic N) is 4. The summed E-state index contributed by atoms with van der Waals surface area (Å²) in [6.07, 6.45) is 1.43. The number of halogens is 1. The van der Waals surface area contributed by atoms with Crippen molar-refractivity contribution in [3.63, 3.8) is 0 Å². The molecule has 1 aliphatic rings. The minimum Gasteiger partial charge on any atom is -0.444 e. The van der Waals surface area contributed by atoms with Crippen LogP contribution in [0.25, 0.3) is 22.5 Å². The van der Waals surface area contributed by atoms with E-state index in [2.05, 4.69) is 4.90 Å². The molecule has 182 valence electrons. The van der Waals surface area contributed by atoms with Crippen LogP contribution < -0.4 is 10.6 Å². The van der Waals surface area contributed by atoms with Crippen LogP contribution >= 0.6 is 11.6 Å². The van der Waals surface area contributed by atoms with Crippen molar-refractivity contribution in [2.45, 2.75) is 26.4 Å². The summed E-state index contributed by atoms with van der Waals surface area (Å²) in [6, 6.07) is 14.4. The first-order valence-corrected chi connectivity index (χ1v) is 11.7. The fraction of sp³-hybridized carbons (Fsp3) is 0.308. The zero-order valence-electron chi connectivity index (χ0n) is 20.0. The number of ether oxygens (including phenoxy) is 1. The molecule has 1 fully saturated rings. The number of anilines is 1. The number of nitrogens with two attached hydrogens (primary N) is 1. The van der Waals surface area contributed by atoms with Gasteiger partial charge in [-0.1, -0.05) is 35.9 Å². The predicted molar refractivity (Wildman–Crippen MR) is 136 cm³/mol. The van der Waals surface area contributed by atoms with E-state index in [0.29, 0.717) is 48.2 Å². The van der Waals surface area contributed by atoms with E-state index in [1.54, 1.807) is 23.2 Å². The molecule has 0 spiro atoms. The van der Waals surface area contributed by atoms with Gasteiger partial charge in [-0.25, -0.2) is 9.78 Å². The Hall–Kier alpha value is -3.65. The van der Waals surface area contributed by atoms with E-state index in [9.17, 15) is 9.59 Å². The van der Waals surface area contributed by atoms with E-state index >= 15 is 0 Å². The van der Waals surface area contributed by atoms with E-state index < -0.39 is 11.5 Å². The Bertz CT molecular complexity index is 1220. The summed E-state index contributed by atoms with van der Waals surface area (Å²) < 4.78 is 5.49. The number of primary amides is 1. The number of benzene rings is 2. The van der Waals surface area contributed by atoms with Gasteiger partial charge in [-0.15, -0.1) is 0 Å². The first-order chi connectivity index (χ1) is 16.6. The summed E-state index contributed by atoms with van der Waals surface area (Å²) in [6.45, 7) is 7.86. The Morgan fingerprint density at radius 2 is 1.49 bits per heavy atom. The van der Waals surface area contributed by atoms with Crippen molar-refractivity contribution in [3.8, 4) is 22.5 Å². The highest BCUT2D eigenvalue weighted by Crippen LogP contribution is 2.32. The van der Waals surface area contributed by atoms with Crippen LogP contribution in [0.2, 0.25) is 5.02 Å². The molecule has 4 rings (SSSR count). The van der Waals surface area contributed by atoms with Gasteiger partial charge in [0.25, 0.3) is 0 Å². The van der Waals surface area contributed by atoms with E-state index in [1.165, 1.54) is 0 Å². The van der Waals surface area contributed by atoms with E-state index in [-0.39, 0.29) is 6.09 Å². The molecule has 0 unspecified atom stereocenters. The monoisotopic (exact) mass is 493 g/mol. The highest BCUT2D eigenvalue weighted by Gasteiger charge is 2.27. The molecule has 3 aromatic rings. The number of carbonyl (C=O) groups is 2. The molecular weight excluding hydrogens is 466 g/mol. The molecule has 2 amide bonds. The molecular formula is C26H28ClN5O3. The van der Waals surface area contributed by atoms with Crippen molar-refractivity contribution in [2.24, 2.45) is 5.73 Å². The number of hydrogen-bond acceptors (Lipinski definition) is 6. The largest absolute Gasteiger partial charge is 0.444 e. The first kappa shape index (κ1) is 24.5. The van der Waals surface area contributed by atoms with Gasteiger partial charge < -0.3 is 20.3 Å². The SMILES string of the molecule is CC(C)(C)OC(=O)N1CCN(c2cnc(-c3ccc(C(N)=O)cc3)c(-c3ccc(Cl)cc3)n2)CC1. The summed E-state index contributed by atoms with van der Waals surface area (Å²) in [4.78, 5) is 37.4. The smallest absolute Gasteiger partial charge is 0.410 e. The van der Waals surface area contributed by atoms with Crippen LogP contribution in [0.1, 0.15) is 31.1 Å². The quantitative estimate of drug-likeness (QED) is 0.569. The highest BCUT2D eigenvalue weighted by molar-refractivity contribution is 6.30.